The van der Waals surface area contributed by atoms with Crippen LogP contribution in [0.4, 0.5) is 4.79 Å². The molecule has 4 nitrogen and oxygen atoms in total. The van der Waals surface area contributed by atoms with Crippen molar-refractivity contribution < 1.29 is 14.3 Å². The van der Waals surface area contributed by atoms with Gasteiger partial charge in [-0.1, -0.05) is 100 Å². The molecule has 3 aromatic carbocycles. The van der Waals surface area contributed by atoms with Crippen molar-refractivity contribution >= 4 is 6.09 Å². The van der Waals surface area contributed by atoms with Crippen LogP contribution < -0.4 is 4.74 Å². The summed E-state index contributed by atoms with van der Waals surface area (Å²) in [6.07, 6.45) is 11.3. The highest BCUT2D eigenvalue weighted by atomic mass is 16.6. The molecule has 4 atom stereocenters. The first kappa shape index (κ1) is 26.8. The number of carbonyl (C=O) groups excluding carboxylic acids is 1. The third-order valence-corrected chi connectivity index (χ3v) is 8.36. The second-order valence-electron chi connectivity index (χ2n) is 11.5. The highest BCUT2D eigenvalue weighted by Crippen LogP contribution is 2.44. The van der Waals surface area contributed by atoms with Crippen molar-refractivity contribution in [1.82, 2.24) is 4.90 Å². The predicted octanol–water partition coefficient (Wildman–Crippen LogP) is 8.69. The minimum absolute atomic E-state index is 0.0606. The molecule has 39 heavy (non-hydrogen) atoms. The lowest BCUT2D eigenvalue weighted by molar-refractivity contribution is -0.0156. The molecule has 1 saturated carbocycles. The maximum absolute atomic E-state index is 13.6. The number of para-hydroxylation sites is 1. The van der Waals surface area contributed by atoms with Crippen LogP contribution in [-0.4, -0.2) is 23.1 Å². The molecular weight excluding hydrogens is 482 g/mol. The zero-order chi connectivity index (χ0) is 27.2. The van der Waals surface area contributed by atoms with Gasteiger partial charge >= 0.3 is 6.09 Å². The maximum atomic E-state index is 13.6. The van der Waals surface area contributed by atoms with Crippen molar-refractivity contribution in [2.24, 2.45) is 11.8 Å². The van der Waals surface area contributed by atoms with Crippen LogP contribution in [0.2, 0.25) is 0 Å². The summed E-state index contributed by atoms with van der Waals surface area (Å²) in [6.45, 7) is 6.83. The molecule has 1 aliphatic carbocycles. The number of nitrogens with zero attached hydrogens (tertiary/aromatic N) is 1. The number of rotatable bonds is 7. The molecule has 0 saturated heterocycles. The van der Waals surface area contributed by atoms with Crippen LogP contribution >= 0.6 is 0 Å². The Kier molecular flexibility index (Phi) is 8.21. The third-order valence-electron chi connectivity index (χ3n) is 8.36. The topological polar surface area (TPSA) is 38.8 Å². The Bertz CT molecular complexity index is 1280. The smallest absolute Gasteiger partial charge is 0.414 e. The first-order valence-corrected chi connectivity index (χ1v) is 14.1. The molecule has 1 fully saturated rings. The van der Waals surface area contributed by atoms with E-state index in [2.05, 4.69) is 51.1 Å². The number of amides is 1. The van der Waals surface area contributed by atoms with Crippen molar-refractivity contribution in [1.29, 1.82) is 0 Å². The van der Waals surface area contributed by atoms with Gasteiger partial charge in [0.25, 0.3) is 0 Å². The fourth-order valence-corrected chi connectivity index (χ4v) is 6.02. The highest BCUT2D eigenvalue weighted by molar-refractivity contribution is 5.70. The summed E-state index contributed by atoms with van der Waals surface area (Å²) in [5.41, 5.74) is 2.26. The lowest BCUT2D eigenvalue weighted by atomic mass is 9.64. The minimum atomic E-state index is -0.261. The molecule has 1 aliphatic heterocycles. The predicted molar refractivity (Wildman–Crippen MR) is 157 cm³/mol. The van der Waals surface area contributed by atoms with Crippen molar-refractivity contribution in [2.75, 3.05) is 0 Å². The Labute approximate surface area is 233 Å². The first-order chi connectivity index (χ1) is 18.9. The zero-order valence-corrected chi connectivity index (χ0v) is 23.2. The van der Waals surface area contributed by atoms with E-state index in [4.69, 9.17) is 9.47 Å². The molecule has 5 rings (SSSR count). The van der Waals surface area contributed by atoms with Gasteiger partial charge in [0.05, 0.1) is 6.04 Å². The number of allylic oxidation sites excluding steroid dienone is 2. The van der Waals surface area contributed by atoms with E-state index < -0.39 is 0 Å². The quantitative estimate of drug-likeness (QED) is 0.312. The van der Waals surface area contributed by atoms with E-state index in [0.29, 0.717) is 5.92 Å². The number of hydrogen-bond acceptors (Lipinski definition) is 3. The summed E-state index contributed by atoms with van der Waals surface area (Å²) in [5, 5.41) is 0. The molecule has 4 heteroatoms. The summed E-state index contributed by atoms with van der Waals surface area (Å²) in [6, 6.07) is 28.5. The molecule has 0 N–H and O–H groups in total. The van der Waals surface area contributed by atoms with Gasteiger partial charge in [-0.05, 0) is 72.1 Å². The molecule has 0 spiro atoms. The molecule has 3 aromatic rings. The molecule has 1 heterocycles. The Morgan fingerprint density at radius 2 is 1.54 bits per heavy atom. The van der Waals surface area contributed by atoms with Crippen molar-refractivity contribution in [3.8, 4) is 11.5 Å². The van der Waals surface area contributed by atoms with Crippen LogP contribution in [0.1, 0.15) is 51.2 Å². The van der Waals surface area contributed by atoms with Crippen LogP contribution in [0.25, 0.3) is 0 Å². The lowest BCUT2D eigenvalue weighted by Crippen LogP contribution is -2.46. The summed E-state index contributed by atoms with van der Waals surface area (Å²) >= 11 is 0. The molecule has 0 unspecified atom stereocenters. The number of ether oxygens (including phenoxy) is 2. The Morgan fingerprint density at radius 3 is 2.26 bits per heavy atom. The van der Waals surface area contributed by atoms with Gasteiger partial charge in [-0.15, -0.1) is 0 Å². The monoisotopic (exact) mass is 521 g/mol. The van der Waals surface area contributed by atoms with Gasteiger partial charge in [0.1, 0.15) is 17.6 Å². The molecule has 0 radical (unpaired) electrons. The molecule has 1 amide bonds. The summed E-state index contributed by atoms with van der Waals surface area (Å²) < 4.78 is 12.4. The van der Waals surface area contributed by atoms with Gasteiger partial charge in [0, 0.05) is 12.1 Å². The molecular formula is C35H39NO3. The number of carbonyl (C=O) groups is 1. The van der Waals surface area contributed by atoms with Crippen LogP contribution in [0.3, 0.4) is 0 Å². The van der Waals surface area contributed by atoms with Crippen molar-refractivity contribution in [3.05, 3.63) is 120 Å². The van der Waals surface area contributed by atoms with Gasteiger partial charge in [-0.2, -0.15) is 0 Å². The average molecular weight is 522 g/mol. The van der Waals surface area contributed by atoms with Crippen LogP contribution in [0, 0.1) is 11.8 Å². The Balaban J connectivity index is 1.30. The normalized spacial score (nSPS) is 22.9. The molecule has 202 valence electrons. The molecule has 0 bridgehead atoms. The maximum Gasteiger partial charge on any atom is 0.414 e. The molecule has 0 aromatic heterocycles. The van der Waals surface area contributed by atoms with E-state index in [-0.39, 0.29) is 29.6 Å². The second-order valence-corrected chi connectivity index (χ2v) is 11.5. The average Bonchev–Trinajstić information content (AvgIpc) is 2.95. The largest absolute Gasteiger partial charge is 0.457 e. The third kappa shape index (κ3) is 6.44. The SMILES string of the molecule is C[C@@H]1CC[C@@H](C(C)(C)c2ccc(Oc3ccccc3)cc2)[C@H](OC(=O)N2C=CC=C[C@H]2Cc2ccccc2)C1. The van der Waals surface area contributed by atoms with Gasteiger partial charge < -0.3 is 9.47 Å². The number of benzene rings is 3. The Hall–Kier alpha value is -3.79. The van der Waals surface area contributed by atoms with E-state index in [1.165, 1.54) is 11.1 Å². The fourth-order valence-electron chi connectivity index (χ4n) is 6.02. The minimum Gasteiger partial charge on any atom is -0.457 e. The van der Waals surface area contributed by atoms with E-state index in [9.17, 15) is 4.79 Å². The lowest BCUT2D eigenvalue weighted by Gasteiger charge is -2.44. The van der Waals surface area contributed by atoms with Crippen molar-refractivity contribution in [2.45, 2.75) is 64.0 Å². The van der Waals surface area contributed by atoms with Crippen LogP contribution in [0.5, 0.6) is 11.5 Å². The summed E-state index contributed by atoms with van der Waals surface area (Å²) in [4.78, 5) is 15.4. The van der Waals surface area contributed by atoms with Crippen LogP contribution in [-0.2, 0) is 16.6 Å². The molecule has 2 aliphatic rings. The van der Waals surface area contributed by atoms with Gasteiger partial charge in [-0.3, -0.25) is 4.90 Å². The van der Waals surface area contributed by atoms with E-state index in [1.54, 1.807) is 4.90 Å². The van der Waals surface area contributed by atoms with Crippen LogP contribution in [0.15, 0.2) is 109 Å². The highest BCUT2D eigenvalue weighted by Gasteiger charge is 2.42. The van der Waals surface area contributed by atoms with Crippen molar-refractivity contribution in [3.63, 3.8) is 0 Å². The zero-order valence-electron chi connectivity index (χ0n) is 23.2. The van der Waals surface area contributed by atoms with Gasteiger partial charge in [0.2, 0.25) is 0 Å². The van der Waals surface area contributed by atoms with E-state index in [0.717, 1.165) is 37.2 Å². The Morgan fingerprint density at radius 1 is 0.872 bits per heavy atom. The van der Waals surface area contributed by atoms with E-state index >= 15 is 0 Å². The van der Waals surface area contributed by atoms with E-state index in [1.807, 2.05) is 79.0 Å². The first-order valence-electron chi connectivity index (χ1n) is 14.1. The number of hydrogen-bond donors (Lipinski definition) is 0. The standard InChI is InChI=1S/C35H39NO3/c1-26-17-22-32(35(2,3)28-18-20-31(21-19-28)38-30-15-8-5-9-16-30)33(24-26)39-34(37)36-23-11-10-14-29(36)25-27-12-6-4-7-13-27/h4-16,18-21,23,26,29,32-33H,17,22,24-25H2,1-3H3/t26-,29+,32-,33-/m1/s1. The summed E-state index contributed by atoms with van der Waals surface area (Å²) in [5.74, 6) is 2.38. The van der Waals surface area contributed by atoms with Gasteiger partial charge in [0.15, 0.2) is 0 Å². The summed E-state index contributed by atoms with van der Waals surface area (Å²) in [7, 11) is 0. The fraction of sp³-hybridized carbons (Fsp3) is 0.343. The van der Waals surface area contributed by atoms with Gasteiger partial charge in [-0.25, -0.2) is 4.79 Å². The second kappa shape index (κ2) is 11.9.